The lowest BCUT2D eigenvalue weighted by Crippen LogP contribution is -2.45. The van der Waals surface area contributed by atoms with Crippen molar-refractivity contribution < 1.29 is 23.8 Å². The molecule has 0 unspecified atom stereocenters. The van der Waals surface area contributed by atoms with Gasteiger partial charge in [0.15, 0.2) is 17.1 Å². The molecule has 0 bridgehead atoms. The van der Waals surface area contributed by atoms with E-state index < -0.39 is 0 Å². The van der Waals surface area contributed by atoms with E-state index in [0.29, 0.717) is 25.3 Å². The monoisotopic (exact) mass is 487 g/mol. The van der Waals surface area contributed by atoms with Crippen LogP contribution in [0.3, 0.4) is 0 Å². The highest BCUT2D eigenvalue weighted by atomic mass is 16.7. The Balaban J connectivity index is 1.13. The highest BCUT2D eigenvalue weighted by molar-refractivity contribution is 5.84. The average molecular weight is 488 g/mol. The number of aromatic hydroxyl groups is 1. The lowest BCUT2D eigenvalue weighted by Gasteiger charge is -2.34. The number of phenolic OH excluding ortho intramolecular Hbond substituents is 1. The van der Waals surface area contributed by atoms with Gasteiger partial charge in [0.1, 0.15) is 11.5 Å². The lowest BCUT2D eigenvalue weighted by atomic mass is 10.0. The summed E-state index contributed by atoms with van der Waals surface area (Å²) in [6.07, 6.45) is 0.597. The molecule has 2 aliphatic heterocycles. The molecule has 2 aliphatic rings. The Hall–Kier alpha value is -3.75. The van der Waals surface area contributed by atoms with Gasteiger partial charge in [-0.25, -0.2) is 0 Å². The summed E-state index contributed by atoms with van der Waals surface area (Å²) in [5.41, 5.74) is 4.55. The van der Waals surface area contributed by atoms with Crippen molar-refractivity contribution in [1.82, 2.24) is 15.0 Å². The van der Waals surface area contributed by atoms with E-state index in [-0.39, 0.29) is 5.75 Å². The Labute approximate surface area is 209 Å². The second-order valence-electron chi connectivity index (χ2n) is 9.30. The summed E-state index contributed by atoms with van der Waals surface area (Å²) in [5.74, 6) is 2.71. The minimum Gasteiger partial charge on any atom is -0.507 e. The predicted molar refractivity (Wildman–Crippen MR) is 135 cm³/mol. The molecule has 0 spiro atoms. The summed E-state index contributed by atoms with van der Waals surface area (Å²) in [5, 5.41) is 16.0. The van der Waals surface area contributed by atoms with Crippen LogP contribution in [0.4, 0.5) is 0 Å². The molecule has 0 aliphatic carbocycles. The van der Waals surface area contributed by atoms with Crippen LogP contribution in [-0.2, 0) is 19.5 Å². The molecule has 186 valence electrons. The fraction of sp³-hybridized carbons (Fsp3) is 0.321. The quantitative estimate of drug-likeness (QED) is 0.416. The van der Waals surface area contributed by atoms with Crippen LogP contribution in [0.25, 0.3) is 11.0 Å². The van der Waals surface area contributed by atoms with Gasteiger partial charge in [0.2, 0.25) is 6.79 Å². The molecular formula is C28H29N3O5. The smallest absolute Gasteiger partial charge is 0.231 e. The molecule has 0 saturated carbocycles. The molecule has 3 aromatic carbocycles. The van der Waals surface area contributed by atoms with Crippen molar-refractivity contribution in [2.45, 2.75) is 19.5 Å². The van der Waals surface area contributed by atoms with E-state index in [4.69, 9.17) is 18.7 Å². The van der Waals surface area contributed by atoms with E-state index in [2.05, 4.69) is 27.1 Å². The highest BCUT2D eigenvalue weighted by Gasteiger charge is 2.23. The van der Waals surface area contributed by atoms with Gasteiger partial charge in [-0.1, -0.05) is 29.4 Å². The van der Waals surface area contributed by atoms with Crippen LogP contribution in [-0.4, -0.2) is 60.1 Å². The molecule has 0 amide bonds. The Morgan fingerprint density at radius 3 is 2.53 bits per heavy atom. The van der Waals surface area contributed by atoms with Crippen LogP contribution in [0, 0.1) is 0 Å². The maximum atomic E-state index is 10.7. The summed E-state index contributed by atoms with van der Waals surface area (Å²) in [6.45, 7) is 5.49. The van der Waals surface area contributed by atoms with Gasteiger partial charge >= 0.3 is 0 Å². The van der Waals surface area contributed by atoms with Gasteiger partial charge in [-0.15, -0.1) is 0 Å². The van der Waals surface area contributed by atoms with Gasteiger partial charge < -0.3 is 23.8 Å². The van der Waals surface area contributed by atoms with E-state index in [9.17, 15) is 5.11 Å². The molecule has 1 saturated heterocycles. The molecule has 0 atom stereocenters. The summed E-state index contributed by atoms with van der Waals surface area (Å²) < 4.78 is 22.2. The number of ether oxygens (including phenoxy) is 3. The normalized spacial score (nSPS) is 16.0. The van der Waals surface area contributed by atoms with E-state index in [1.165, 1.54) is 5.56 Å². The number of methoxy groups -OCH3 is 1. The molecule has 8 heteroatoms. The number of rotatable bonds is 7. The van der Waals surface area contributed by atoms with Gasteiger partial charge in [0.25, 0.3) is 0 Å². The summed E-state index contributed by atoms with van der Waals surface area (Å²) >= 11 is 0. The molecule has 1 fully saturated rings. The van der Waals surface area contributed by atoms with Crippen LogP contribution >= 0.6 is 0 Å². The first kappa shape index (κ1) is 22.7. The van der Waals surface area contributed by atoms with Crippen molar-refractivity contribution in [3.63, 3.8) is 0 Å². The van der Waals surface area contributed by atoms with Crippen LogP contribution in [0.5, 0.6) is 23.0 Å². The summed E-state index contributed by atoms with van der Waals surface area (Å²) in [6, 6.07) is 17.7. The Bertz CT molecular complexity index is 1380. The zero-order valence-electron chi connectivity index (χ0n) is 20.3. The van der Waals surface area contributed by atoms with E-state index in [0.717, 1.165) is 72.2 Å². The number of para-hydroxylation sites is 1. The van der Waals surface area contributed by atoms with Crippen molar-refractivity contribution in [1.29, 1.82) is 0 Å². The zero-order chi connectivity index (χ0) is 24.5. The van der Waals surface area contributed by atoms with Crippen LogP contribution in [0.2, 0.25) is 0 Å². The van der Waals surface area contributed by atoms with E-state index in [1.54, 1.807) is 13.2 Å². The van der Waals surface area contributed by atoms with Gasteiger partial charge in [-0.2, -0.15) is 0 Å². The first-order valence-electron chi connectivity index (χ1n) is 12.2. The zero-order valence-corrected chi connectivity index (χ0v) is 20.3. The molecule has 0 radical (unpaired) electrons. The minimum absolute atomic E-state index is 0.241. The summed E-state index contributed by atoms with van der Waals surface area (Å²) in [7, 11) is 1.67. The number of fused-ring (bicyclic) bond motifs is 2. The van der Waals surface area contributed by atoms with Crippen molar-refractivity contribution >= 4 is 11.0 Å². The average Bonchev–Trinajstić information content (AvgIpc) is 3.54. The Morgan fingerprint density at radius 2 is 1.69 bits per heavy atom. The minimum atomic E-state index is 0.241. The van der Waals surface area contributed by atoms with Crippen molar-refractivity contribution in [2.75, 3.05) is 40.1 Å². The maximum Gasteiger partial charge on any atom is 0.231 e. The van der Waals surface area contributed by atoms with Crippen molar-refractivity contribution in [3.8, 4) is 23.0 Å². The number of hydrogen-bond donors (Lipinski definition) is 1. The fourth-order valence-electron chi connectivity index (χ4n) is 5.04. The number of piperazine rings is 1. The summed E-state index contributed by atoms with van der Waals surface area (Å²) in [4.78, 5) is 4.79. The highest BCUT2D eigenvalue weighted by Crippen LogP contribution is 2.34. The van der Waals surface area contributed by atoms with Gasteiger partial charge in [-0.3, -0.25) is 9.80 Å². The van der Waals surface area contributed by atoms with Crippen LogP contribution < -0.4 is 14.2 Å². The third-order valence-corrected chi connectivity index (χ3v) is 7.03. The van der Waals surface area contributed by atoms with Crippen LogP contribution in [0.1, 0.15) is 22.4 Å². The van der Waals surface area contributed by atoms with Crippen molar-refractivity contribution in [3.05, 3.63) is 77.0 Å². The fourth-order valence-corrected chi connectivity index (χ4v) is 5.04. The van der Waals surface area contributed by atoms with Gasteiger partial charge in [-0.05, 0) is 35.9 Å². The van der Waals surface area contributed by atoms with Crippen molar-refractivity contribution in [2.24, 2.45) is 0 Å². The second-order valence-corrected chi connectivity index (χ2v) is 9.30. The second kappa shape index (κ2) is 9.72. The molecule has 4 aromatic rings. The number of nitrogens with zero attached hydrogens (tertiary/aromatic N) is 3. The lowest BCUT2D eigenvalue weighted by molar-refractivity contribution is 0.121. The molecule has 1 N–H and O–H groups in total. The number of aromatic nitrogens is 1. The largest absolute Gasteiger partial charge is 0.507 e. The first-order valence-corrected chi connectivity index (χ1v) is 12.2. The molecule has 1 aromatic heterocycles. The standard InChI is InChI=1S/C28H29N3O5/c1-33-25-5-3-2-4-20(25)15-23-21-7-8-24(32)22(28(21)36-29-23)17-31-12-10-30(11-13-31)16-19-6-9-26-27(14-19)35-18-34-26/h2-9,14,32H,10-13,15-18H2,1H3. The van der Waals surface area contributed by atoms with E-state index in [1.807, 2.05) is 36.4 Å². The predicted octanol–water partition coefficient (Wildman–Crippen LogP) is 4.18. The third-order valence-electron chi connectivity index (χ3n) is 7.03. The number of hydrogen-bond acceptors (Lipinski definition) is 8. The van der Waals surface area contributed by atoms with Gasteiger partial charge in [0, 0.05) is 56.6 Å². The topological polar surface area (TPSA) is 80.4 Å². The first-order chi connectivity index (χ1) is 17.7. The number of phenols is 1. The van der Waals surface area contributed by atoms with Gasteiger partial charge in [0.05, 0.1) is 18.4 Å². The Morgan fingerprint density at radius 1 is 0.917 bits per heavy atom. The third kappa shape index (κ3) is 4.45. The molecular weight excluding hydrogens is 458 g/mol. The SMILES string of the molecule is COc1ccccc1Cc1noc2c(CN3CCN(Cc4ccc5c(c4)OCO5)CC3)c(O)ccc12. The number of benzene rings is 3. The Kier molecular flexibility index (Phi) is 6.13. The molecule has 8 nitrogen and oxygen atoms in total. The molecule has 6 rings (SSSR count). The molecule has 36 heavy (non-hydrogen) atoms. The molecule has 3 heterocycles. The maximum absolute atomic E-state index is 10.7. The van der Waals surface area contributed by atoms with E-state index >= 15 is 0 Å². The van der Waals surface area contributed by atoms with Crippen LogP contribution in [0.15, 0.2) is 59.1 Å².